The second-order valence-corrected chi connectivity index (χ2v) is 7.95. The number of carbonyl (C=O) groups excluding carboxylic acids is 1. The van der Waals surface area contributed by atoms with Gasteiger partial charge in [0.2, 0.25) is 0 Å². The predicted molar refractivity (Wildman–Crippen MR) is 135 cm³/mol. The van der Waals surface area contributed by atoms with Gasteiger partial charge in [-0.25, -0.2) is 4.99 Å². The maximum Gasteiger partial charge on any atom is 0.253 e. The zero-order chi connectivity index (χ0) is 20.7. The zero-order valence-corrected chi connectivity index (χ0v) is 20.5. The molecule has 2 aromatic rings. The molecule has 1 aliphatic rings. The summed E-state index contributed by atoms with van der Waals surface area (Å²) in [7, 11) is 3.53. The third-order valence-corrected chi connectivity index (χ3v) is 5.66. The molecule has 0 atom stereocenters. The summed E-state index contributed by atoms with van der Waals surface area (Å²) in [5.74, 6) is 0.852. The Morgan fingerprint density at radius 1 is 1.03 bits per heavy atom. The van der Waals surface area contributed by atoms with E-state index in [4.69, 9.17) is 4.99 Å². The highest BCUT2D eigenvalue weighted by atomic mass is 127. The standard InChI is InChI=1S/C24H32N4O.HI/c1-4-25-23(26-17-19-11-13-20(14-12-19)22(29)28(2)3)27-18-24(15-8-16-24)21-9-6-5-7-10-21;/h5-7,9-14H,4,8,15-18H2,1-3H3,(H2,25,26,27);1H. The maximum absolute atomic E-state index is 12.0. The van der Waals surface area contributed by atoms with Crippen LogP contribution in [0.15, 0.2) is 59.6 Å². The number of halogens is 1. The molecule has 1 amide bonds. The third-order valence-electron chi connectivity index (χ3n) is 5.66. The molecule has 0 bridgehead atoms. The van der Waals surface area contributed by atoms with Crippen molar-refractivity contribution in [3.05, 3.63) is 71.3 Å². The summed E-state index contributed by atoms with van der Waals surface area (Å²) >= 11 is 0. The first-order valence-corrected chi connectivity index (χ1v) is 10.4. The van der Waals surface area contributed by atoms with Crippen LogP contribution in [0.5, 0.6) is 0 Å². The van der Waals surface area contributed by atoms with Crippen molar-refractivity contribution < 1.29 is 4.79 Å². The zero-order valence-electron chi connectivity index (χ0n) is 18.1. The Morgan fingerprint density at radius 3 is 2.23 bits per heavy atom. The van der Waals surface area contributed by atoms with Gasteiger partial charge in [-0.3, -0.25) is 4.79 Å². The number of rotatable bonds is 7. The van der Waals surface area contributed by atoms with Crippen LogP contribution in [0.1, 0.15) is 47.7 Å². The number of carbonyl (C=O) groups is 1. The van der Waals surface area contributed by atoms with Crippen molar-refractivity contribution >= 4 is 35.8 Å². The summed E-state index contributed by atoms with van der Waals surface area (Å²) in [5, 5.41) is 6.90. The predicted octanol–water partition coefficient (Wildman–Crippen LogP) is 4.18. The highest BCUT2D eigenvalue weighted by Gasteiger charge is 2.38. The molecule has 1 saturated carbocycles. The number of hydrogen-bond acceptors (Lipinski definition) is 2. The van der Waals surface area contributed by atoms with Crippen LogP contribution in [-0.2, 0) is 12.0 Å². The van der Waals surface area contributed by atoms with Crippen molar-refractivity contribution in [2.75, 3.05) is 27.2 Å². The number of nitrogens with zero attached hydrogens (tertiary/aromatic N) is 2. The molecule has 1 aliphatic carbocycles. The summed E-state index contributed by atoms with van der Waals surface area (Å²) in [4.78, 5) is 18.3. The SMILES string of the molecule is CCNC(=NCc1ccc(C(=O)N(C)C)cc1)NCC1(c2ccccc2)CCC1.I. The van der Waals surface area contributed by atoms with Gasteiger partial charge in [0, 0.05) is 38.2 Å². The molecule has 0 spiro atoms. The Balaban J connectivity index is 0.00000320. The lowest BCUT2D eigenvalue weighted by molar-refractivity contribution is 0.0827. The van der Waals surface area contributed by atoms with Gasteiger partial charge >= 0.3 is 0 Å². The van der Waals surface area contributed by atoms with Crippen LogP contribution in [0.4, 0.5) is 0 Å². The summed E-state index contributed by atoms with van der Waals surface area (Å²) in [6.07, 6.45) is 3.71. The number of benzene rings is 2. The normalized spacial score (nSPS) is 14.8. The van der Waals surface area contributed by atoms with Crippen LogP contribution in [0.3, 0.4) is 0 Å². The summed E-state index contributed by atoms with van der Waals surface area (Å²) < 4.78 is 0. The van der Waals surface area contributed by atoms with E-state index in [-0.39, 0.29) is 35.3 Å². The minimum atomic E-state index is 0. The van der Waals surface area contributed by atoms with Gasteiger partial charge in [0.1, 0.15) is 0 Å². The number of hydrogen-bond donors (Lipinski definition) is 2. The molecule has 3 rings (SSSR count). The van der Waals surface area contributed by atoms with E-state index in [2.05, 4.69) is 47.9 Å². The van der Waals surface area contributed by atoms with Gasteiger partial charge < -0.3 is 15.5 Å². The lowest BCUT2D eigenvalue weighted by atomic mass is 9.64. The minimum absolute atomic E-state index is 0. The van der Waals surface area contributed by atoms with Gasteiger partial charge in [-0.1, -0.05) is 48.9 Å². The fourth-order valence-corrected chi connectivity index (χ4v) is 3.74. The van der Waals surface area contributed by atoms with Gasteiger partial charge in [0.05, 0.1) is 6.54 Å². The van der Waals surface area contributed by atoms with Gasteiger partial charge in [0.15, 0.2) is 5.96 Å². The third kappa shape index (κ3) is 5.97. The van der Waals surface area contributed by atoms with Crippen molar-refractivity contribution in [3.63, 3.8) is 0 Å². The van der Waals surface area contributed by atoms with Crippen LogP contribution in [0.25, 0.3) is 0 Å². The lowest BCUT2D eigenvalue weighted by Gasteiger charge is -2.43. The second-order valence-electron chi connectivity index (χ2n) is 7.95. The number of nitrogens with one attached hydrogen (secondary N) is 2. The van der Waals surface area contributed by atoms with Crippen LogP contribution >= 0.6 is 24.0 Å². The molecule has 0 heterocycles. The van der Waals surface area contributed by atoms with E-state index >= 15 is 0 Å². The molecule has 0 aromatic heterocycles. The summed E-state index contributed by atoms with van der Waals surface area (Å²) in [6.45, 7) is 4.36. The highest BCUT2D eigenvalue weighted by molar-refractivity contribution is 14.0. The smallest absolute Gasteiger partial charge is 0.253 e. The Morgan fingerprint density at radius 2 is 1.70 bits per heavy atom. The number of aliphatic imine (C=N–C) groups is 1. The highest BCUT2D eigenvalue weighted by Crippen LogP contribution is 2.43. The molecule has 2 aromatic carbocycles. The van der Waals surface area contributed by atoms with Crippen molar-refractivity contribution in [2.45, 2.75) is 38.1 Å². The van der Waals surface area contributed by atoms with E-state index in [1.165, 1.54) is 24.8 Å². The topological polar surface area (TPSA) is 56.7 Å². The Bertz CT molecular complexity index is 830. The average Bonchev–Trinajstić information content (AvgIpc) is 2.71. The molecule has 0 radical (unpaired) electrons. The van der Waals surface area contributed by atoms with Gasteiger partial charge in [0.25, 0.3) is 5.91 Å². The van der Waals surface area contributed by atoms with Crippen LogP contribution < -0.4 is 10.6 Å². The summed E-state index contributed by atoms with van der Waals surface area (Å²) in [6, 6.07) is 18.5. The molecule has 30 heavy (non-hydrogen) atoms. The summed E-state index contributed by atoms with van der Waals surface area (Å²) in [5.41, 5.74) is 3.41. The van der Waals surface area contributed by atoms with Crippen LogP contribution in [0.2, 0.25) is 0 Å². The van der Waals surface area contributed by atoms with E-state index < -0.39 is 0 Å². The first kappa shape index (κ1) is 24.2. The molecular formula is C24H33IN4O. The minimum Gasteiger partial charge on any atom is -0.357 e. The van der Waals surface area contributed by atoms with Crippen molar-refractivity contribution in [1.82, 2.24) is 15.5 Å². The van der Waals surface area contributed by atoms with Gasteiger partial charge in [-0.05, 0) is 43.0 Å². The molecule has 1 fully saturated rings. The van der Waals surface area contributed by atoms with Gasteiger partial charge in [-0.15, -0.1) is 24.0 Å². The molecule has 5 nitrogen and oxygen atoms in total. The maximum atomic E-state index is 12.0. The van der Waals surface area contributed by atoms with Crippen molar-refractivity contribution in [3.8, 4) is 0 Å². The van der Waals surface area contributed by atoms with Crippen molar-refractivity contribution in [2.24, 2.45) is 4.99 Å². The molecule has 0 aliphatic heterocycles. The fourth-order valence-electron chi connectivity index (χ4n) is 3.74. The Hall–Kier alpha value is -2.09. The monoisotopic (exact) mass is 520 g/mol. The van der Waals surface area contributed by atoms with E-state index in [1.807, 2.05) is 24.3 Å². The number of guanidine groups is 1. The molecule has 162 valence electrons. The largest absolute Gasteiger partial charge is 0.357 e. The quantitative estimate of drug-likeness (QED) is 0.327. The van der Waals surface area contributed by atoms with Crippen LogP contribution in [-0.4, -0.2) is 44.0 Å². The molecular weight excluding hydrogens is 487 g/mol. The number of amides is 1. The first-order chi connectivity index (χ1) is 14.0. The fraction of sp³-hybridized carbons (Fsp3) is 0.417. The van der Waals surface area contributed by atoms with Gasteiger partial charge in [-0.2, -0.15) is 0 Å². The Labute approximate surface area is 197 Å². The van der Waals surface area contributed by atoms with E-state index in [9.17, 15) is 4.79 Å². The van der Waals surface area contributed by atoms with Crippen LogP contribution in [0, 0.1) is 0 Å². The average molecular weight is 520 g/mol. The first-order valence-electron chi connectivity index (χ1n) is 10.4. The van der Waals surface area contributed by atoms with Crippen molar-refractivity contribution in [1.29, 1.82) is 0 Å². The van der Waals surface area contributed by atoms with E-state index in [0.29, 0.717) is 12.1 Å². The van der Waals surface area contributed by atoms with E-state index in [1.54, 1.807) is 19.0 Å². The molecule has 2 N–H and O–H groups in total. The Kier molecular flexibility index (Phi) is 9.14. The molecule has 0 saturated heterocycles. The van der Waals surface area contributed by atoms with E-state index in [0.717, 1.165) is 24.6 Å². The second kappa shape index (κ2) is 11.3. The lowest BCUT2D eigenvalue weighted by Crippen LogP contribution is -2.48. The molecule has 0 unspecified atom stereocenters. The molecule has 6 heteroatoms.